The van der Waals surface area contributed by atoms with Crippen molar-refractivity contribution in [2.45, 2.75) is 50.4 Å². The fourth-order valence-electron chi connectivity index (χ4n) is 5.66. The van der Waals surface area contributed by atoms with Crippen LogP contribution in [-0.2, 0) is 4.74 Å². The number of rotatable bonds is 3. The average molecular weight is 447 g/mol. The molecule has 0 bridgehead atoms. The Kier molecular flexibility index (Phi) is 4.83. The van der Waals surface area contributed by atoms with Crippen LogP contribution in [-0.4, -0.2) is 83.7 Å². The Labute approximate surface area is 184 Å². The van der Waals surface area contributed by atoms with Gasteiger partial charge in [-0.3, -0.25) is 4.90 Å². The van der Waals surface area contributed by atoms with Gasteiger partial charge in [-0.15, -0.1) is 0 Å². The van der Waals surface area contributed by atoms with Crippen LogP contribution in [0.5, 0.6) is 11.9 Å². The van der Waals surface area contributed by atoms with E-state index in [0.717, 1.165) is 25.8 Å². The molecule has 0 N–H and O–H groups in total. The SMILES string of the molecule is Cc1nc2c3c(nc(OC[C@@]45CCCN4C[C@H](F)C5)nc3c1F)N1CCCOC[C@H]1CO2. The van der Waals surface area contributed by atoms with Crippen molar-refractivity contribution in [3.8, 4) is 11.9 Å². The Hall–Kier alpha value is -2.33. The van der Waals surface area contributed by atoms with Crippen molar-refractivity contribution in [3.63, 3.8) is 0 Å². The number of pyridine rings is 1. The van der Waals surface area contributed by atoms with Crippen LogP contribution in [0.1, 0.15) is 31.4 Å². The van der Waals surface area contributed by atoms with E-state index in [-0.39, 0.29) is 28.8 Å². The molecule has 0 saturated carbocycles. The molecule has 4 aliphatic heterocycles. The second-order valence-corrected chi connectivity index (χ2v) is 9.32. The van der Waals surface area contributed by atoms with Gasteiger partial charge < -0.3 is 19.1 Å². The molecular weight excluding hydrogens is 420 g/mol. The number of aromatic nitrogens is 3. The molecule has 172 valence electrons. The van der Waals surface area contributed by atoms with Gasteiger partial charge in [0.05, 0.1) is 23.9 Å². The first-order valence-corrected chi connectivity index (χ1v) is 11.4. The summed E-state index contributed by atoms with van der Waals surface area (Å²) in [5, 5.41) is 0.468. The lowest BCUT2D eigenvalue weighted by atomic mass is 9.95. The molecule has 0 unspecified atom stereocenters. The molecule has 2 aromatic rings. The van der Waals surface area contributed by atoms with Crippen LogP contribution in [0.2, 0.25) is 0 Å². The number of anilines is 1. The lowest BCUT2D eigenvalue weighted by Gasteiger charge is -2.31. The lowest BCUT2D eigenvalue weighted by Crippen LogP contribution is -2.43. The molecule has 0 radical (unpaired) electrons. The minimum atomic E-state index is -0.843. The predicted molar refractivity (Wildman–Crippen MR) is 113 cm³/mol. The second-order valence-electron chi connectivity index (χ2n) is 9.32. The van der Waals surface area contributed by atoms with Crippen LogP contribution in [0.3, 0.4) is 0 Å². The summed E-state index contributed by atoms with van der Waals surface area (Å²) in [5.74, 6) is 0.399. The van der Waals surface area contributed by atoms with E-state index in [0.29, 0.717) is 63.0 Å². The number of hydrogen-bond donors (Lipinski definition) is 0. The third-order valence-electron chi connectivity index (χ3n) is 7.23. The highest BCUT2D eigenvalue weighted by molar-refractivity contribution is 5.95. The van der Waals surface area contributed by atoms with Crippen LogP contribution >= 0.6 is 0 Å². The highest BCUT2D eigenvalue weighted by atomic mass is 19.1. The Balaban J connectivity index is 1.42. The number of ether oxygens (including phenoxy) is 3. The molecule has 32 heavy (non-hydrogen) atoms. The van der Waals surface area contributed by atoms with Crippen molar-refractivity contribution >= 4 is 16.7 Å². The summed E-state index contributed by atoms with van der Waals surface area (Å²) < 4.78 is 47.1. The Morgan fingerprint density at radius 1 is 1.19 bits per heavy atom. The van der Waals surface area contributed by atoms with Gasteiger partial charge in [-0.2, -0.15) is 9.97 Å². The Morgan fingerprint density at radius 2 is 2.09 bits per heavy atom. The maximum Gasteiger partial charge on any atom is 0.319 e. The highest BCUT2D eigenvalue weighted by Crippen LogP contribution is 2.41. The molecule has 0 spiro atoms. The zero-order valence-electron chi connectivity index (χ0n) is 18.1. The number of aryl methyl sites for hydroxylation is 1. The van der Waals surface area contributed by atoms with Crippen molar-refractivity contribution in [2.75, 3.05) is 51.0 Å². The van der Waals surface area contributed by atoms with E-state index in [1.54, 1.807) is 6.92 Å². The molecule has 0 amide bonds. The van der Waals surface area contributed by atoms with Gasteiger partial charge in [-0.1, -0.05) is 0 Å². The summed E-state index contributed by atoms with van der Waals surface area (Å²) >= 11 is 0. The molecule has 4 aliphatic rings. The minimum Gasteiger partial charge on any atom is -0.475 e. The van der Waals surface area contributed by atoms with E-state index >= 15 is 4.39 Å². The standard InChI is InChI=1S/C22H27F2N5O3/c1-13-17(24)18-16-19(29-6-3-7-30-10-15(29)11-31-20(16)25-13)27-21(26-18)32-12-22-4-2-5-28(22)9-14(23)8-22/h14-15H,2-12H2,1H3/t14-,15+,22+/m1/s1. The quantitative estimate of drug-likeness (QED) is 0.711. The van der Waals surface area contributed by atoms with E-state index < -0.39 is 12.0 Å². The van der Waals surface area contributed by atoms with Crippen molar-refractivity contribution in [1.29, 1.82) is 0 Å². The zero-order chi connectivity index (χ0) is 21.9. The van der Waals surface area contributed by atoms with Crippen molar-refractivity contribution in [1.82, 2.24) is 19.9 Å². The summed E-state index contributed by atoms with van der Waals surface area (Å²) in [6, 6.07) is 0.0457. The molecule has 3 fully saturated rings. The van der Waals surface area contributed by atoms with Crippen LogP contribution in [0.15, 0.2) is 0 Å². The van der Waals surface area contributed by atoms with Crippen molar-refractivity contribution in [3.05, 3.63) is 11.5 Å². The largest absolute Gasteiger partial charge is 0.475 e. The Bertz CT molecular complexity index is 1060. The van der Waals surface area contributed by atoms with Crippen LogP contribution in [0.25, 0.3) is 10.9 Å². The van der Waals surface area contributed by atoms with Gasteiger partial charge in [0.25, 0.3) is 0 Å². The summed E-state index contributed by atoms with van der Waals surface area (Å²) in [4.78, 5) is 17.8. The topological polar surface area (TPSA) is 72.8 Å². The normalized spacial score (nSPS) is 29.9. The van der Waals surface area contributed by atoms with Gasteiger partial charge in [0.2, 0.25) is 5.88 Å². The van der Waals surface area contributed by atoms with E-state index in [1.165, 1.54) is 0 Å². The maximum absolute atomic E-state index is 15.2. The monoisotopic (exact) mass is 447 g/mol. The first kappa shape index (κ1) is 20.3. The maximum atomic E-state index is 15.2. The molecule has 2 aromatic heterocycles. The highest BCUT2D eigenvalue weighted by Gasteiger charge is 2.49. The number of alkyl halides is 1. The summed E-state index contributed by atoms with van der Waals surface area (Å²) in [7, 11) is 0. The smallest absolute Gasteiger partial charge is 0.319 e. The predicted octanol–water partition coefficient (Wildman–Crippen LogP) is 2.42. The van der Waals surface area contributed by atoms with Crippen LogP contribution < -0.4 is 14.4 Å². The molecule has 10 heteroatoms. The number of fused-ring (bicyclic) bond motifs is 3. The van der Waals surface area contributed by atoms with Gasteiger partial charge in [0.1, 0.15) is 36.1 Å². The van der Waals surface area contributed by atoms with E-state index in [4.69, 9.17) is 19.2 Å². The van der Waals surface area contributed by atoms with Gasteiger partial charge in [-0.25, -0.2) is 13.8 Å². The zero-order valence-corrected chi connectivity index (χ0v) is 18.1. The Morgan fingerprint density at radius 3 is 3.00 bits per heavy atom. The van der Waals surface area contributed by atoms with Gasteiger partial charge in [-0.05, 0) is 32.7 Å². The van der Waals surface area contributed by atoms with Crippen molar-refractivity contribution in [2.24, 2.45) is 0 Å². The minimum absolute atomic E-state index is 0.0629. The first-order chi connectivity index (χ1) is 15.5. The van der Waals surface area contributed by atoms with Crippen molar-refractivity contribution < 1.29 is 23.0 Å². The van der Waals surface area contributed by atoms with Gasteiger partial charge in [0.15, 0.2) is 5.82 Å². The first-order valence-electron chi connectivity index (χ1n) is 11.4. The molecule has 3 saturated heterocycles. The summed E-state index contributed by atoms with van der Waals surface area (Å²) in [6.07, 6.45) is 2.34. The fourth-order valence-corrected chi connectivity index (χ4v) is 5.66. The lowest BCUT2D eigenvalue weighted by molar-refractivity contribution is 0.107. The van der Waals surface area contributed by atoms with E-state index in [1.807, 2.05) is 0 Å². The molecule has 8 nitrogen and oxygen atoms in total. The molecule has 3 atom stereocenters. The third kappa shape index (κ3) is 3.18. The summed E-state index contributed by atoms with van der Waals surface area (Å²) in [5.41, 5.74) is 0.0354. The molecular formula is C22H27F2N5O3. The second kappa shape index (κ2) is 7.62. The van der Waals surface area contributed by atoms with Crippen LogP contribution in [0, 0.1) is 12.7 Å². The number of hydrogen-bond acceptors (Lipinski definition) is 8. The third-order valence-corrected chi connectivity index (χ3v) is 7.23. The van der Waals surface area contributed by atoms with Crippen LogP contribution in [0.4, 0.5) is 14.6 Å². The number of nitrogens with zero attached hydrogens (tertiary/aromatic N) is 5. The van der Waals surface area contributed by atoms with E-state index in [2.05, 4.69) is 19.8 Å². The number of halogens is 2. The average Bonchev–Trinajstić information content (AvgIpc) is 3.12. The summed E-state index contributed by atoms with van der Waals surface area (Å²) in [6.45, 7) is 5.43. The molecule has 0 aliphatic carbocycles. The van der Waals surface area contributed by atoms with E-state index in [9.17, 15) is 4.39 Å². The molecule has 6 rings (SSSR count). The fraction of sp³-hybridized carbons (Fsp3) is 0.682. The van der Waals surface area contributed by atoms with Gasteiger partial charge in [0, 0.05) is 26.1 Å². The van der Waals surface area contributed by atoms with Gasteiger partial charge >= 0.3 is 6.01 Å². The molecule has 6 heterocycles. The molecule has 0 aromatic carbocycles.